The fourth-order valence-corrected chi connectivity index (χ4v) is 2.43. The smallest absolute Gasteiger partial charge is 0.195 e. The molecule has 1 N–H and O–H groups in total. The highest BCUT2D eigenvalue weighted by Gasteiger charge is 2.48. The second-order valence-corrected chi connectivity index (χ2v) is 5.56. The number of hydrogen-bond donors (Lipinski definition) is 1. The van der Waals surface area contributed by atoms with E-state index >= 15 is 0 Å². The Labute approximate surface area is 105 Å². The molecular formula is C12H14N4S. The minimum atomic E-state index is 0.319. The van der Waals surface area contributed by atoms with Crippen molar-refractivity contribution >= 4 is 12.2 Å². The number of nitrogens with zero attached hydrogens (tertiary/aromatic N) is 3. The van der Waals surface area contributed by atoms with Crippen LogP contribution in [0.5, 0.6) is 0 Å². The molecule has 17 heavy (non-hydrogen) atoms. The summed E-state index contributed by atoms with van der Waals surface area (Å²) in [7, 11) is 0. The Morgan fingerprint density at radius 1 is 1.53 bits per heavy atom. The van der Waals surface area contributed by atoms with Crippen LogP contribution in [-0.4, -0.2) is 19.7 Å². The number of aromatic nitrogens is 4. The summed E-state index contributed by atoms with van der Waals surface area (Å²) < 4.78 is 2.81. The van der Waals surface area contributed by atoms with Crippen LogP contribution in [0.4, 0.5) is 0 Å². The van der Waals surface area contributed by atoms with E-state index in [0.29, 0.717) is 16.2 Å². The summed E-state index contributed by atoms with van der Waals surface area (Å²) in [4.78, 5) is 4.13. The highest BCUT2D eigenvalue weighted by Crippen LogP contribution is 2.56. The fourth-order valence-electron chi connectivity index (χ4n) is 2.17. The van der Waals surface area contributed by atoms with Gasteiger partial charge in [0.05, 0.1) is 0 Å². The molecule has 5 heteroatoms. The molecule has 1 unspecified atom stereocenters. The van der Waals surface area contributed by atoms with Gasteiger partial charge in [-0.2, -0.15) is 5.10 Å². The van der Waals surface area contributed by atoms with Gasteiger partial charge < -0.3 is 0 Å². The molecule has 88 valence electrons. The number of nitrogens with one attached hydrogen (secondary N) is 1. The lowest BCUT2D eigenvalue weighted by atomic mass is 10.2. The van der Waals surface area contributed by atoms with Crippen molar-refractivity contribution in [3.63, 3.8) is 0 Å². The van der Waals surface area contributed by atoms with Gasteiger partial charge in [0.1, 0.15) is 0 Å². The topological polar surface area (TPSA) is 46.5 Å². The monoisotopic (exact) mass is 246 g/mol. The lowest BCUT2D eigenvalue weighted by molar-refractivity contribution is 0.539. The largest absolute Gasteiger partial charge is 0.296 e. The maximum Gasteiger partial charge on any atom is 0.195 e. The van der Waals surface area contributed by atoms with Crippen molar-refractivity contribution < 1.29 is 0 Å². The van der Waals surface area contributed by atoms with Crippen LogP contribution in [-0.2, 0) is 0 Å². The Balaban J connectivity index is 2.11. The van der Waals surface area contributed by atoms with Gasteiger partial charge in [-0.25, -0.2) is 0 Å². The Kier molecular flexibility index (Phi) is 2.19. The minimum Gasteiger partial charge on any atom is -0.296 e. The van der Waals surface area contributed by atoms with Crippen LogP contribution in [0.2, 0.25) is 0 Å². The first-order chi connectivity index (χ1) is 8.09. The molecule has 3 rings (SSSR count). The zero-order chi connectivity index (χ0) is 12.0. The molecule has 1 atom stereocenters. The normalized spacial score (nSPS) is 21.4. The van der Waals surface area contributed by atoms with Crippen LogP contribution in [0.25, 0.3) is 11.4 Å². The quantitative estimate of drug-likeness (QED) is 0.829. The van der Waals surface area contributed by atoms with Gasteiger partial charge in [0.2, 0.25) is 0 Å². The van der Waals surface area contributed by atoms with Gasteiger partial charge in [-0.1, -0.05) is 13.8 Å². The molecule has 4 nitrogen and oxygen atoms in total. The van der Waals surface area contributed by atoms with Crippen molar-refractivity contribution in [1.82, 2.24) is 19.7 Å². The maximum atomic E-state index is 5.32. The van der Waals surface area contributed by atoms with Gasteiger partial charge in [-0.3, -0.25) is 14.6 Å². The molecule has 0 saturated heterocycles. The van der Waals surface area contributed by atoms with Gasteiger partial charge in [0.15, 0.2) is 10.6 Å². The lowest BCUT2D eigenvalue weighted by Gasteiger charge is -2.08. The third kappa shape index (κ3) is 1.70. The first-order valence-electron chi connectivity index (χ1n) is 5.67. The van der Waals surface area contributed by atoms with Gasteiger partial charge in [-0.15, -0.1) is 0 Å². The Morgan fingerprint density at radius 2 is 2.29 bits per heavy atom. The van der Waals surface area contributed by atoms with E-state index < -0.39 is 0 Å². The van der Waals surface area contributed by atoms with Crippen molar-refractivity contribution in [3.8, 4) is 11.4 Å². The van der Waals surface area contributed by atoms with Crippen molar-refractivity contribution in [2.45, 2.75) is 26.3 Å². The average Bonchev–Trinajstić information content (AvgIpc) is 2.77. The van der Waals surface area contributed by atoms with Crippen molar-refractivity contribution in [2.75, 3.05) is 0 Å². The van der Waals surface area contributed by atoms with E-state index in [-0.39, 0.29) is 0 Å². The Bertz CT molecular complexity index is 596. The van der Waals surface area contributed by atoms with Gasteiger partial charge in [0, 0.05) is 24.0 Å². The summed E-state index contributed by atoms with van der Waals surface area (Å²) in [5, 5.41) is 7.20. The molecule has 0 aromatic carbocycles. The molecule has 0 amide bonds. The first-order valence-corrected chi connectivity index (χ1v) is 6.08. The predicted octanol–water partition coefficient (Wildman–Crippen LogP) is 2.97. The SMILES string of the molecule is CC1(C)CC1n1c(-c2cccnc2)n[nH]c1=S. The third-order valence-corrected chi connectivity index (χ3v) is 3.69. The van der Waals surface area contributed by atoms with E-state index in [2.05, 4.69) is 33.6 Å². The van der Waals surface area contributed by atoms with E-state index in [9.17, 15) is 0 Å². The lowest BCUT2D eigenvalue weighted by Crippen LogP contribution is -2.03. The third-order valence-electron chi connectivity index (χ3n) is 3.40. The van der Waals surface area contributed by atoms with E-state index in [1.54, 1.807) is 6.20 Å². The van der Waals surface area contributed by atoms with E-state index in [1.165, 1.54) is 0 Å². The maximum absolute atomic E-state index is 5.32. The Morgan fingerprint density at radius 3 is 2.88 bits per heavy atom. The zero-order valence-electron chi connectivity index (χ0n) is 9.84. The molecule has 2 heterocycles. The van der Waals surface area contributed by atoms with E-state index in [4.69, 9.17) is 12.2 Å². The summed E-state index contributed by atoms with van der Waals surface area (Å²) in [5.41, 5.74) is 1.32. The molecule has 1 fully saturated rings. The van der Waals surface area contributed by atoms with Crippen LogP contribution in [0, 0.1) is 10.2 Å². The molecule has 0 bridgehead atoms. The summed E-state index contributed by atoms with van der Waals surface area (Å²) >= 11 is 5.32. The number of aromatic amines is 1. The molecule has 0 radical (unpaired) electrons. The van der Waals surface area contributed by atoms with Crippen LogP contribution in [0.1, 0.15) is 26.3 Å². The van der Waals surface area contributed by atoms with Crippen LogP contribution >= 0.6 is 12.2 Å². The summed E-state index contributed by atoms with van der Waals surface area (Å²) in [6, 6.07) is 4.36. The standard InChI is InChI=1S/C12H14N4S/c1-12(2)6-9(12)16-10(14-15-11(16)17)8-4-3-5-13-7-8/h3-5,7,9H,6H2,1-2H3,(H,15,17). The second-order valence-electron chi connectivity index (χ2n) is 5.17. The van der Waals surface area contributed by atoms with E-state index in [1.807, 2.05) is 18.3 Å². The van der Waals surface area contributed by atoms with Gasteiger partial charge in [-0.05, 0) is 36.2 Å². The molecule has 0 spiro atoms. The van der Waals surface area contributed by atoms with Crippen LogP contribution < -0.4 is 0 Å². The van der Waals surface area contributed by atoms with Crippen LogP contribution in [0.15, 0.2) is 24.5 Å². The average molecular weight is 246 g/mol. The number of H-pyrrole nitrogens is 1. The molecule has 0 aliphatic heterocycles. The van der Waals surface area contributed by atoms with Gasteiger partial charge in [0.25, 0.3) is 0 Å². The minimum absolute atomic E-state index is 0.319. The molecular weight excluding hydrogens is 232 g/mol. The molecule has 1 aliphatic carbocycles. The number of rotatable bonds is 2. The zero-order valence-corrected chi connectivity index (χ0v) is 10.7. The summed E-state index contributed by atoms with van der Waals surface area (Å²) in [6.07, 6.45) is 4.72. The fraction of sp³-hybridized carbons (Fsp3) is 0.417. The highest BCUT2D eigenvalue weighted by atomic mass is 32.1. The van der Waals surface area contributed by atoms with Crippen LogP contribution in [0.3, 0.4) is 0 Å². The number of hydrogen-bond acceptors (Lipinski definition) is 3. The Hall–Kier alpha value is -1.49. The van der Waals surface area contributed by atoms with E-state index in [0.717, 1.165) is 17.8 Å². The van der Waals surface area contributed by atoms with Gasteiger partial charge >= 0.3 is 0 Å². The first kappa shape index (κ1) is 10.7. The molecule has 1 saturated carbocycles. The van der Waals surface area contributed by atoms with Crippen molar-refractivity contribution in [1.29, 1.82) is 0 Å². The summed E-state index contributed by atoms with van der Waals surface area (Å²) in [6.45, 7) is 4.50. The molecule has 1 aliphatic rings. The predicted molar refractivity (Wildman–Crippen MR) is 68.1 cm³/mol. The van der Waals surface area contributed by atoms with Crippen molar-refractivity contribution in [2.24, 2.45) is 5.41 Å². The second kappa shape index (κ2) is 3.50. The summed E-state index contributed by atoms with van der Waals surface area (Å²) in [5.74, 6) is 0.888. The molecule has 2 aromatic heterocycles. The molecule has 2 aromatic rings. The van der Waals surface area contributed by atoms with Crippen molar-refractivity contribution in [3.05, 3.63) is 29.3 Å². The number of pyridine rings is 1. The highest BCUT2D eigenvalue weighted by molar-refractivity contribution is 7.71.